The second-order valence-electron chi connectivity index (χ2n) is 6.07. The van der Waals surface area contributed by atoms with Crippen LogP contribution in [-0.4, -0.2) is 18.9 Å². The maximum atomic E-state index is 12.7. The summed E-state index contributed by atoms with van der Waals surface area (Å²) in [4.78, 5) is 25.3. The highest BCUT2D eigenvalue weighted by molar-refractivity contribution is 6.30. The Kier molecular flexibility index (Phi) is 6.71. The molecule has 2 amide bonds. The van der Waals surface area contributed by atoms with Crippen LogP contribution in [0.25, 0.3) is 6.08 Å². The summed E-state index contributed by atoms with van der Waals surface area (Å²) >= 11 is 5.88. The topological polar surface area (TPSA) is 80.6 Å². The highest BCUT2D eigenvalue weighted by Crippen LogP contribution is 2.13. The van der Waals surface area contributed by atoms with Gasteiger partial charge in [-0.1, -0.05) is 23.7 Å². The molecule has 2 N–H and O–H groups in total. The fourth-order valence-corrected chi connectivity index (χ4v) is 2.62. The van der Waals surface area contributed by atoms with Crippen molar-refractivity contribution in [2.75, 3.05) is 7.11 Å². The molecule has 1 aromatic heterocycles. The Morgan fingerprint density at radius 2 is 1.79 bits per heavy atom. The van der Waals surface area contributed by atoms with Crippen molar-refractivity contribution in [3.63, 3.8) is 0 Å². The smallest absolute Gasteiger partial charge is 0.268 e. The summed E-state index contributed by atoms with van der Waals surface area (Å²) in [5.74, 6) is 0.204. The largest absolute Gasteiger partial charge is 0.497 e. The number of methoxy groups -OCH3 is 1. The highest BCUT2D eigenvalue weighted by atomic mass is 35.5. The Hall–Kier alpha value is -3.51. The summed E-state index contributed by atoms with van der Waals surface area (Å²) in [5.41, 5.74) is 1.33. The minimum atomic E-state index is -0.446. The van der Waals surface area contributed by atoms with Gasteiger partial charge in [-0.2, -0.15) is 0 Å². The quantitative estimate of drug-likeness (QED) is 0.576. The average Bonchev–Trinajstić information content (AvgIpc) is 3.26. The number of amides is 2. The second kappa shape index (κ2) is 9.61. The highest BCUT2D eigenvalue weighted by Gasteiger charge is 2.15. The van der Waals surface area contributed by atoms with Gasteiger partial charge in [0.05, 0.1) is 13.4 Å². The molecule has 148 valence electrons. The lowest BCUT2D eigenvalue weighted by Gasteiger charge is -2.11. The average molecular weight is 411 g/mol. The van der Waals surface area contributed by atoms with Crippen molar-refractivity contribution in [3.05, 3.63) is 94.5 Å². The maximum absolute atomic E-state index is 12.7. The van der Waals surface area contributed by atoms with Gasteiger partial charge in [-0.15, -0.1) is 0 Å². The molecule has 7 heteroatoms. The molecule has 3 rings (SSSR count). The molecule has 0 radical (unpaired) electrons. The number of halogens is 1. The summed E-state index contributed by atoms with van der Waals surface area (Å²) < 4.78 is 10.4. The number of carbonyl (C=O) groups excluding carboxylic acids is 2. The zero-order valence-corrected chi connectivity index (χ0v) is 16.4. The molecule has 0 aliphatic carbocycles. The van der Waals surface area contributed by atoms with E-state index in [0.29, 0.717) is 22.1 Å². The molecule has 0 bridgehead atoms. The lowest BCUT2D eigenvalue weighted by atomic mass is 10.2. The Labute approximate surface area is 173 Å². The minimum Gasteiger partial charge on any atom is -0.497 e. The van der Waals surface area contributed by atoms with E-state index >= 15 is 0 Å². The number of hydrogen-bond acceptors (Lipinski definition) is 4. The predicted molar refractivity (Wildman–Crippen MR) is 110 cm³/mol. The molecule has 0 spiro atoms. The molecule has 0 atom stereocenters. The molecule has 0 fully saturated rings. The number of hydrogen-bond donors (Lipinski definition) is 2. The molecule has 0 saturated heterocycles. The van der Waals surface area contributed by atoms with Crippen molar-refractivity contribution < 1.29 is 18.7 Å². The van der Waals surface area contributed by atoms with E-state index in [1.54, 1.807) is 55.6 Å². The molecular weight excluding hydrogens is 392 g/mol. The summed E-state index contributed by atoms with van der Waals surface area (Å²) in [6.07, 6.45) is 2.96. The molecule has 0 saturated carbocycles. The van der Waals surface area contributed by atoms with Crippen LogP contribution in [0, 0.1) is 0 Å². The van der Waals surface area contributed by atoms with Crippen molar-refractivity contribution in [2.45, 2.75) is 6.54 Å². The van der Waals surface area contributed by atoms with Crippen LogP contribution >= 0.6 is 11.6 Å². The standard InChI is InChI=1S/C22H19ClN2O4/c1-28-18-10-6-16(7-11-18)21(26)25-20(13-19-3-2-12-29-19)22(27)24-14-15-4-8-17(23)9-5-15/h2-13H,14H2,1H3,(H,24,27)(H,25,26)/b20-13-. The number of ether oxygens (including phenoxy) is 1. The number of carbonyl (C=O) groups is 2. The lowest BCUT2D eigenvalue weighted by Crippen LogP contribution is -2.34. The number of rotatable bonds is 7. The first-order valence-corrected chi connectivity index (χ1v) is 9.16. The second-order valence-corrected chi connectivity index (χ2v) is 6.50. The molecule has 6 nitrogen and oxygen atoms in total. The van der Waals surface area contributed by atoms with E-state index in [1.165, 1.54) is 12.3 Å². The van der Waals surface area contributed by atoms with Gasteiger partial charge in [0, 0.05) is 23.2 Å². The fourth-order valence-electron chi connectivity index (χ4n) is 2.49. The van der Waals surface area contributed by atoms with Gasteiger partial charge in [0.1, 0.15) is 17.2 Å². The Morgan fingerprint density at radius 3 is 2.41 bits per heavy atom. The first-order chi connectivity index (χ1) is 14.0. The molecule has 2 aromatic carbocycles. The molecular formula is C22H19ClN2O4. The van der Waals surface area contributed by atoms with Gasteiger partial charge in [0.25, 0.3) is 11.8 Å². The van der Waals surface area contributed by atoms with Crippen molar-refractivity contribution in [3.8, 4) is 5.75 Å². The van der Waals surface area contributed by atoms with Crippen molar-refractivity contribution in [2.24, 2.45) is 0 Å². The van der Waals surface area contributed by atoms with Crippen LogP contribution in [0.1, 0.15) is 21.7 Å². The van der Waals surface area contributed by atoms with E-state index in [9.17, 15) is 9.59 Å². The summed E-state index contributed by atoms with van der Waals surface area (Å²) in [6, 6.07) is 17.1. The van der Waals surface area contributed by atoms with Crippen LogP contribution in [-0.2, 0) is 11.3 Å². The summed E-state index contributed by atoms with van der Waals surface area (Å²) in [7, 11) is 1.55. The van der Waals surface area contributed by atoms with Gasteiger partial charge in [0.2, 0.25) is 0 Å². The SMILES string of the molecule is COc1ccc(C(=O)N/C(=C\c2ccco2)C(=O)NCc2ccc(Cl)cc2)cc1. The Bertz CT molecular complexity index is 994. The van der Waals surface area contributed by atoms with Crippen molar-refractivity contribution in [1.82, 2.24) is 10.6 Å². The molecule has 0 aliphatic heterocycles. The van der Waals surface area contributed by atoms with E-state index in [1.807, 2.05) is 12.1 Å². The zero-order chi connectivity index (χ0) is 20.6. The van der Waals surface area contributed by atoms with E-state index in [0.717, 1.165) is 5.56 Å². The van der Waals surface area contributed by atoms with Gasteiger partial charge in [-0.05, 0) is 54.1 Å². The third-order valence-corrected chi connectivity index (χ3v) is 4.29. The zero-order valence-electron chi connectivity index (χ0n) is 15.6. The first-order valence-electron chi connectivity index (χ1n) is 8.78. The van der Waals surface area contributed by atoms with E-state index in [4.69, 9.17) is 20.8 Å². The van der Waals surface area contributed by atoms with Crippen LogP contribution in [0.5, 0.6) is 5.75 Å². The molecule has 29 heavy (non-hydrogen) atoms. The first kappa shape index (κ1) is 20.2. The van der Waals surface area contributed by atoms with Crippen molar-refractivity contribution in [1.29, 1.82) is 0 Å². The number of furan rings is 1. The fraction of sp³-hybridized carbons (Fsp3) is 0.0909. The van der Waals surface area contributed by atoms with E-state index < -0.39 is 11.8 Å². The molecule has 1 heterocycles. The number of nitrogens with one attached hydrogen (secondary N) is 2. The molecule has 0 unspecified atom stereocenters. The van der Waals surface area contributed by atoms with Crippen molar-refractivity contribution >= 4 is 29.5 Å². The Morgan fingerprint density at radius 1 is 1.07 bits per heavy atom. The Balaban J connectivity index is 1.74. The maximum Gasteiger partial charge on any atom is 0.268 e. The third kappa shape index (κ3) is 5.73. The predicted octanol–water partition coefficient (Wildman–Crippen LogP) is 4.03. The molecule has 3 aromatic rings. The minimum absolute atomic E-state index is 0.0646. The monoisotopic (exact) mass is 410 g/mol. The van der Waals surface area contributed by atoms with Gasteiger partial charge in [-0.3, -0.25) is 9.59 Å². The van der Waals surface area contributed by atoms with Gasteiger partial charge in [0.15, 0.2) is 0 Å². The normalized spacial score (nSPS) is 11.0. The van der Waals surface area contributed by atoms with Gasteiger partial charge < -0.3 is 19.8 Å². The van der Waals surface area contributed by atoms with E-state index in [-0.39, 0.29) is 12.2 Å². The summed E-state index contributed by atoms with van der Waals surface area (Å²) in [5, 5.41) is 6.04. The van der Waals surface area contributed by atoms with E-state index in [2.05, 4.69) is 10.6 Å². The van der Waals surface area contributed by atoms with Crippen LogP contribution < -0.4 is 15.4 Å². The van der Waals surface area contributed by atoms with Crippen LogP contribution in [0.4, 0.5) is 0 Å². The molecule has 0 aliphatic rings. The van der Waals surface area contributed by atoms with Gasteiger partial charge >= 0.3 is 0 Å². The van der Waals surface area contributed by atoms with Crippen LogP contribution in [0.3, 0.4) is 0 Å². The third-order valence-electron chi connectivity index (χ3n) is 4.04. The van der Waals surface area contributed by atoms with Gasteiger partial charge in [-0.25, -0.2) is 0 Å². The van der Waals surface area contributed by atoms with Crippen LogP contribution in [0.2, 0.25) is 5.02 Å². The van der Waals surface area contributed by atoms with Crippen LogP contribution in [0.15, 0.2) is 77.0 Å². The summed E-state index contributed by atoms with van der Waals surface area (Å²) in [6.45, 7) is 0.282. The lowest BCUT2D eigenvalue weighted by molar-refractivity contribution is -0.117. The number of benzene rings is 2.